The van der Waals surface area contributed by atoms with Crippen LogP contribution in [0.4, 0.5) is 0 Å². The summed E-state index contributed by atoms with van der Waals surface area (Å²) in [6.07, 6.45) is 23.3. The number of nitrogens with one attached hydrogen (secondary N) is 1. The molecule has 0 aliphatic carbocycles. The molecular weight excluding hydrogens is 366 g/mol. The van der Waals surface area contributed by atoms with Gasteiger partial charge in [0.15, 0.2) is 6.04 Å². The normalized spacial score (nSPS) is 13.8. The molecule has 168 valence electrons. The highest BCUT2D eigenvalue weighted by molar-refractivity contribution is 5.83. The van der Waals surface area contributed by atoms with Crippen molar-refractivity contribution in [2.45, 2.75) is 116 Å². The van der Waals surface area contributed by atoms with Crippen molar-refractivity contribution >= 4 is 11.9 Å². The van der Waals surface area contributed by atoms with Crippen LogP contribution in [0, 0.1) is 0 Å². The van der Waals surface area contributed by atoms with Crippen molar-refractivity contribution in [3.05, 3.63) is 24.3 Å². The van der Waals surface area contributed by atoms with Gasteiger partial charge in [0.2, 0.25) is 5.91 Å². The topological polar surface area (TPSA) is 86.6 Å². The van der Waals surface area contributed by atoms with Crippen molar-refractivity contribution in [3.63, 3.8) is 0 Å². The summed E-state index contributed by atoms with van der Waals surface area (Å²) in [6, 6.07) is -1.22. The average molecular weight is 410 g/mol. The van der Waals surface area contributed by atoms with Gasteiger partial charge in [-0.15, -0.1) is 0 Å². The number of unbranched alkanes of at least 4 members (excludes halogenated alkanes) is 10. The molecule has 29 heavy (non-hydrogen) atoms. The van der Waals surface area contributed by atoms with Crippen LogP contribution in [0.1, 0.15) is 104 Å². The van der Waals surface area contributed by atoms with Crippen LogP contribution in [-0.2, 0) is 9.59 Å². The molecule has 0 aromatic heterocycles. The van der Waals surface area contributed by atoms with E-state index in [4.69, 9.17) is 5.11 Å². The van der Waals surface area contributed by atoms with Crippen molar-refractivity contribution < 1.29 is 19.8 Å². The molecule has 0 spiro atoms. The fourth-order valence-electron chi connectivity index (χ4n) is 3.08. The molecule has 3 N–H and O–H groups in total. The molecule has 0 unspecified atom stereocenters. The maximum atomic E-state index is 11.7. The summed E-state index contributed by atoms with van der Waals surface area (Å²) in [7, 11) is 0. The number of hydrogen-bond donors (Lipinski definition) is 3. The highest BCUT2D eigenvalue weighted by atomic mass is 16.4. The maximum Gasteiger partial charge on any atom is 0.328 e. The summed E-state index contributed by atoms with van der Waals surface area (Å²) in [5, 5.41) is 20.7. The van der Waals surface area contributed by atoms with Crippen molar-refractivity contribution in [1.29, 1.82) is 0 Å². The molecule has 0 rings (SSSR count). The Bertz CT molecular complexity index is 472. The molecule has 0 saturated carbocycles. The summed E-state index contributed by atoms with van der Waals surface area (Å²) in [4.78, 5) is 22.7. The summed E-state index contributed by atoms with van der Waals surface area (Å²) in [5.41, 5.74) is 0. The molecule has 0 bridgehead atoms. The van der Waals surface area contributed by atoms with Crippen LogP contribution in [-0.4, -0.2) is 34.2 Å². The van der Waals surface area contributed by atoms with Crippen LogP contribution in [0.25, 0.3) is 0 Å². The highest BCUT2D eigenvalue weighted by Gasteiger charge is 2.24. The number of carboxylic acids is 1. The molecule has 0 aliphatic heterocycles. The Morgan fingerprint density at radius 2 is 1.34 bits per heavy atom. The van der Waals surface area contributed by atoms with E-state index in [1.165, 1.54) is 58.3 Å². The average Bonchev–Trinajstić information content (AvgIpc) is 2.68. The molecule has 0 aliphatic rings. The minimum absolute atomic E-state index is 0.305. The van der Waals surface area contributed by atoms with Gasteiger partial charge >= 0.3 is 5.97 Å². The van der Waals surface area contributed by atoms with Crippen LogP contribution >= 0.6 is 0 Å². The van der Waals surface area contributed by atoms with Crippen LogP contribution in [0.2, 0.25) is 0 Å². The van der Waals surface area contributed by atoms with Gasteiger partial charge in [0, 0.05) is 6.42 Å². The van der Waals surface area contributed by atoms with Gasteiger partial charge in [-0.1, -0.05) is 76.2 Å². The third kappa shape index (κ3) is 18.2. The van der Waals surface area contributed by atoms with Crippen LogP contribution < -0.4 is 5.32 Å². The van der Waals surface area contributed by atoms with E-state index in [0.29, 0.717) is 6.42 Å². The number of aliphatic hydroxyl groups is 1. The maximum absolute atomic E-state index is 11.7. The van der Waals surface area contributed by atoms with E-state index in [2.05, 4.69) is 36.5 Å². The van der Waals surface area contributed by atoms with Gasteiger partial charge in [0.05, 0.1) is 6.10 Å². The first-order valence-electron chi connectivity index (χ1n) is 11.5. The van der Waals surface area contributed by atoms with Gasteiger partial charge in [-0.25, -0.2) is 4.79 Å². The molecule has 0 aromatic rings. The smallest absolute Gasteiger partial charge is 0.328 e. The number of carbonyl (C=O) groups excluding carboxylic acids is 1. The number of allylic oxidation sites excluding steroid dienone is 4. The summed E-state index contributed by atoms with van der Waals surface area (Å²) in [5.74, 6) is -1.51. The highest BCUT2D eigenvalue weighted by Crippen LogP contribution is 2.10. The molecule has 5 heteroatoms. The number of carbonyl (C=O) groups is 2. The Labute approximate surface area is 177 Å². The zero-order chi connectivity index (χ0) is 21.7. The Hall–Kier alpha value is -1.62. The molecule has 1 amide bonds. The first-order valence-corrected chi connectivity index (χ1v) is 11.5. The van der Waals surface area contributed by atoms with E-state index < -0.39 is 18.1 Å². The Balaban J connectivity index is 3.46. The van der Waals surface area contributed by atoms with Crippen molar-refractivity contribution in [2.75, 3.05) is 0 Å². The summed E-state index contributed by atoms with van der Waals surface area (Å²) < 4.78 is 0. The summed E-state index contributed by atoms with van der Waals surface area (Å²) in [6.45, 7) is 3.59. The first-order chi connectivity index (χ1) is 14.0. The number of hydrogen-bond acceptors (Lipinski definition) is 3. The van der Waals surface area contributed by atoms with E-state index in [9.17, 15) is 14.7 Å². The van der Waals surface area contributed by atoms with E-state index in [0.717, 1.165) is 32.1 Å². The van der Waals surface area contributed by atoms with E-state index in [-0.39, 0.29) is 5.91 Å². The largest absolute Gasteiger partial charge is 0.480 e. The standard InChI is InChI=1S/C24H43NO4/c1-3-4-5-6-7-8-9-10-11-12-13-14-15-16-17-18-19-20-22(27)25-23(21(2)26)24(28)29/h7-8,10-11,21,23,26H,3-6,9,12-20H2,1-2H3,(H,25,27)(H,28,29)/b8-7-,11-10-/t21-,23+/m1/s1. The van der Waals surface area contributed by atoms with Crippen LogP contribution in [0.5, 0.6) is 0 Å². The van der Waals surface area contributed by atoms with E-state index in [1.807, 2.05) is 0 Å². The van der Waals surface area contributed by atoms with Gasteiger partial charge in [-0.3, -0.25) is 4.79 Å². The van der Waals surface area contributed by atoms with Gasteiger partial charge < -0.3 is 15.5 Å². The molecule has 5 nitrogen and oxygen atoms in total. The lowest BCUT2D eigenvalue weighted by atomic mass is 10.1. The monoisotopic (exact) mass is 409 g/mol. The third-order valence-electron chi connectivity index (χ3n) is 4.92. The Kier molecular flexibility index (Phi) is 18.6. The van der Waals surface area contributed by atoms with Crippen molar-refractivity contribution in [3.8, 4) is 0 Å². The van der Waals surface area contributed by atoms with Crippen LogP contribution in [0.15, 0.2) is 24.3 Å². The zero-order valence-electron chi connectivity index (χ0n) is 18.6. The SMILES string of the molecule is CCCCC/C=C\C/C=C\CCCCCCCCCC(=O)N[C@H](C(=O)O)[C@@H](C)O. The lowest BCUT2D eigenvalue weighted by Crippen LogP contribution is -2.47. The van der Waals surface area contributed by atoms with Crippen LogP contribution in [0.3, 0.4) is 0 Å². The number of aliphatic carboxylic acids is 1. The number of aliphatic hydroxyl groups excluding tert-OH is 1. The van der Waals surface area contributed by atoms with Crippen molar-refractivity contribution in [2.24, 2.45) is 0 Å². The second-order valence-electron chi connectivity index (χ2n) is 7.81. The zero-order valence-corrected chi connectivity index (χ0v) is 18.6. The van der Waals surface area contributed by atoms with Gasteiger partial charge in [0.1, 0.15) is 0 Å². The summed E-state index contributed by atoms with van der Waals surface area (Å²) >= 11 is 0. The molecule has 0 aromatic carbocycles. The minimum atomic E-state index is -1.22. The molecular formula is C24H43NO4. The second kappa shape index (κ2) is 19.7. The van der Waals surface area contributed by atoms with Crippen molar-refractivity contribution in [1.82, 2.24) is 5.32 Å². The fraction of sp³-hybridized carbons (Fsp3) is 0.750. The predicted octanol–water partition coefficient (Wildman–Crippen LogP) is 5.53. The van der Waals surface area contributed by atoms with E-state index in [1.54, 1.807) is 0 Å². The molecule has 0 fully saturated rings. The van der Waals surface area contributed by atoms with Gasteiger partial charge in [-0.05, 0) is 45.4 Å². The van der Waals surface area contributed by atoms with Gasteiger partial charge in [0.25, 0.3) is 0 Å². The molecule has 0 heterocycles. The quantitative estimate of drug-likeness (QED) is 0.193. The van der Waals surface area contributed by atoms with E-state index >= 15 is 0 Å². The molecule has 0 saturated heterocycles. The Morgan fingerprint density at radius 1 is 0.828 bits per heavy atom. The number of amides is 1. The lowest BCUT2D eigenvalue weighted by Gasteiger charge is -2.16. The number of carboxylic acid groups (broad SMARTS) is 1. The third-order valence-corrected chi connectivity index (χ3v) is 4.92. The first kappa shape index (κ1) is 27.4. The number of rotatable bonds is 19. The Morgan fingerprint density at radius 3 is 1.86 bits per heavy atom. The minimum Gasteiger partial charge on any atom is -0.480 e. The predicted molar refractivity (Wildman–Crippen MR) is 120 cm³/mol. The fourth-order valence-corrected chi connectivity index (χ4v) is 3.08. The lowest BCUT2D eigenvalue weighted by molar-refractivity contribution is -0.144. The van der Waals surface area contributed by atoms with Gasteiger partial charge in [-0.2, -0.15) is 0 Å². The second-order valence-corrected chi connectivity index (χ2v) is 7.81. The molecule has 2 atom stereocenters. The molecule has 0 radical (unpaired) electrons.